The van der Waals surface area contributed by atoms with Crippen LogP contribution in [0, 0.1) is 11.8 Å². The summed E-state index contributed by atoms with van der Waals surface area (Å²) in [7, 11) is 2.10. The summed E-state index contributed by atoms with van der Waals surface area (Å²) >= 11 is 0. The van der Waals surface area contributed by atoms with Gasteiger partial charge in [0.05, 0.1) is 0 Å². The highest BCUT2D eigenvalue weighted by Crippen LogP contribution is 2.38. The second-order valence-corrected chi connectivity index (χ2v) is 6.90. The van der Waals surface area contributed by atoms with Crippen LogP contribution in [-0.2, 0) is 4.79 Å². The first-order valence-electron chi connectivity index (χ1n) is 7.37. The van der Waals surface area contributed by atoms with E-state index in [1.54, 1.807) is 6.92 Å². The average Bonchev–Trinajstić information content (AvgIpc) is 2.92. The molecule has 1 rings (SSSR count). The van der Waals surface area contributed by atoms with Gasteiger partial charge < -0.3 is 10.0 Å². The Morgan fingerprint density at radius 1 is 1.47 bits per heavy atom. The number of carboxylic acids is 1. The summed E-state index contributed by atoms with van der Waals surface area (Å²) in [6, 6.07) is 0.433. The maximum absolute atomic E-state index is 11.5. The lowest BCUT2D eigenvalue weighted by Crippen LogP contribution is -2.55. The summed E-state index contributed by atoms with van der Waals surface area (Å²) < 4.78 is 0. The van der Waals surface area contributed by atoms with Crippen LogP contribution in [0.15, 0.2) is 0 Å². The van der Waals surface area contributed by atoms with Gasteiger partial charge in [-0.1, -0.05) is 6.92 Å². The van der Waals surface area contributed by atoms with Crippen molar-refractivity contribution >= 4 is 5.97 Å². The molecule has 0 aliphatic heterocycles. The van der Waals surface area contributed by atoms with E-state index < -0.39 is 11.5 Å². The molecule has 4 nitrogen and oxygen atoms in total. The molecule has 4 unspecified atom stereocenters. The first kappa shape index (κ1) is 16.4. The van der Waals surface area contributed by atoms with Crippen LogP contribution in [0.1, 0.15) is 47.5 Å². The summed E-state index contributed by atoms with van der Waals surface area (Å²) in [5, 5.41) is 12.7. The van der Waals surface area contributed by atoms with E-state index >= 15 is 0 Å². The first-order valence-corrected chi connectivity index (χ1v) is 7.37. The van der Waals surface area contributed by atoms with Gasteiger partial charge in [-0.25, -0.2) is 0 Å². The molecule has 0 bridgehead atoms. The molecule has 4 heteroatoms. The van der Waals surface area contributed by atoms with Crippen LogP contribution in [0.5, 0.6) is 0 Å². The van der Waals surface area contributed by atoms with Gasteiger partial charge in [-0.15, -0.1) is 0 Å². The molecule has 0 heterocycles. The lowest BCUT2D eigenvalue weighted by atomic mass is 9.92. The van der Waals surface area contributed by atoms with Gasteiger partial charge in [0.15, 0.2) is 0 Å². The van der Waals surface area contributed by atoms with Crippen molar-refractivity contribution in [2.24, 2.45) is 11.8 Å². The van der Waals surface area contributed by atoms with Gasteiger partial charge in [-0.2, -0.15) is 0 Å². The number of carboxylic acid groups (broad SMARTS) is 1. The smallest absolute Gasteiger partial charge is 0.323 e. The van der Waals surface area contributed by atoms with Crippen molar-refractivity contribution in [1.29, 1.82) is 0 Å². The molecule has 2 N–H and O–H groups in total. The Morgan fingerprint density at radius 2 is 2.00 bits per heavy atom. The number of rotatable bonds is 8. The van der Waals surface area contributed by atoms with Crippen LogP contribution in [0.25, 0.3) is 0 Å². The predicted molar refractivity (Wildman–Crippen MR) is 78.3 cm³/mol. The zero-order chi connectivity index (χ0) is 14.8. The third-order valence-corrected chi connectivity index (χ3v) is 4.33. The van der Waals surface area contributed by atoms with E-state index in [0.717, 1.165) is 18.4 Å². The molecular weight excluding hydrogens is 240 g/mol. The zero-order valence-corrected chi connectivity index (χ0v) is 13.2. The van der Waals surface area contributed by atoms with Crippen molar-refractivity contribution in [2.75, 3.05) is 13.6 Å². The van der Waals surface area contributed by atoms with E-state index in [2.05, 4.69) is 31.1 Å². The van der Waals surface area contributed by atoms with E-state index in [4.69, 9.17) is 0 Å². The number of carbonyl (C=O) groups is 1. The maximum Gasteiger partial charge on any atom is 0.323 e. The summed E-state index contributed by atoms with van der Waals surface area (Å²) in [5.41, 5.74) is -0.850. The maximum atomic E-state index is 11.5. The van der Waals surface area contributed by atoms with Crippen molar-refractivity contribution in [1.82, 2.24) is 10.2 Å². The van der Waals surface area contributed by atoms with Gasteiger partial charge >= 0.3 is 5.97 Å². The fourth-order valence-corrected chi connectivity index (χ4v) is 2.80. The van der Waals surface area contributed by atoms with Crippen LogP contribution < -0.4 is 5.32 Å². The van der Waals surface area contributed by atoms with Gasteiger partial charge in [-0.3, -0.25) is 10.1 Å². The number of hydrogen-bond donors (Lipinski definition) is 2. The molecule has 4 atom stereocenters. The summed E-state index contributed by atoms with van der Waals surface area (Å²) in [4.78, 5) is 13.8. The van der Waals surface area contributed by atoms with Crippen molar-refractivity contribution in [3.05, 3.63) is 0 Å². The first-order chi connectivity index (χ1) is 8.65. The van der Waals surface area contributed by atoms with Crippen LogP contribution in [0.3, 0.4) is 0 Å². The third kappa shape index (κ3) is 4.77. The van der Waals surface area contributed by atoms with Crippen LogP contribution in [0.2, 0.25) is 0 Å². The van der Waals surface area contributed by atoms with E-state index in [-0.39, 0.29) is 12.1 Å². The zero-order valence-electron chi connectivity index (χ0n) is 13.2. The van der Waals surface area contributed by atoms with Crippen LogP contribution in [0.4, 0.5) is 0 Å². The second-order valence-electron chi connectivity index (χ2n) is 6.90. The molecule has 1 aliphatic carbocycles. The largest absolute Gasteiger partial charge is 0.480 e. The van der Waals surface area contributed by atoms with Crippen molar-refractivity contribution in [3.8, 4) is 0 Å². The molecule has 1 fully saturated rings. The molecule has 0 spiro atoms. The van der Waals surface area contributed by atoms with E-state index in [0.29, 0.717) is 6.42 Å². The van der Waals surface area contributed by atoms with Crippen LogP contribution >= 0.6 is 0 Å². The molecule has 0 aromatic carbocycles. The standard InChI is InChI=1S/C15H30N2O2/c1-10(2)16-15(5,14(18)19)8-12(4)17(6)9-13-7-11(13)3/h10-13,16H,7-9H2,1-6H3,(H,18,19). The molecule has 0 saturated heterocycles. The van der Waals surface area contributed by atoms with Gasteiger partial charge in [0.1, 0.15) is 5.54 Å². The minimum absolute atomic E-state index is 0.169. The van der Waals surface area contributed by atoms with E-state index in [1.165, 1.54) is 6.42 Å². The fourth-order valence-electron chi connectivity index (χ4n) is 2.80. The Balaban J connectivity index is 2.54. The highest BCUT2D eigenvalue weighted by atomic mass is 16.4. The number of nitrogens with zero attached hydrogens (tertiary/aromatic N) is 1. The Labute approximate surface area is 117 Å². The van der Waals surface area contributed by atoms with E-state index in [9.17, 15) is 9.90 Å². The highest BCUT2D eigenvalue weighted by molar-refractivity contribution is 5.78. The molecular formula is C15H30N2O2. The van der Waals surface area contributed by atoms with Gasteiger partial charge in [-0.05, 0) is 59.4 Å². The Kier molecular flexibility index (Phi) is 5.39. The molecule has 0 aromatic heterocycles. The Hall–Kier alpha value is -0.610. The lowest BCUT2D eigenvalue weighted by molar-refractivity contribution is -0.145. The normalized spacial score (nSPS) is 27.4. The SMILES string of the molecule is CC(C)NC(C)(CC(C)N(C)CC1CC1C)C(=O)O. The molecule has 1 saturated carbocycles. The molecule has 1 aliphatic rings. The minimum Gasteiger partial charge on any atom is -0.480 e. The number of nitrogens with one attached hydrogen (secondary N) is 1. The second kappa shape index (κ2) is 6.23. The molecule has 0 radical (unpaired) electrons. The lowest BCUT2D eigenvalue weighted by Gasteiger charge is -2.35. The summed E-state index contributed by atoms with van der Waals surface area (Å²) in [6.45, 7) is 11.3. The summed E-state index contributed by atoms with van der Waals surface area (Å²) in [6.07, 6.45) is 1.94. The Bertz CT molecular complexity index is 319. The average molecular weight is 270 g/mol. The predicted octanol–water partition coefficient (Wildman–Crippen LogP) is 2.19. The van der Waals surface area contributed by atoms with E-state index in [1.807, 2.05) is 13.8 Å². The highest BCUT2D eigenvalue weighted by Gasteiger charge is 2.38. The van der Waals surface area contributed by atoms with Gasteiger partial charge in [0.25, 0.3) is 0 Å². The Morgan fingerprint density at radius 3 is 2.37 bits per heavy atom. The number of aliphatic carboxylic acids is 1. The molecule has 112 valence electrons. The quantitative estimate of drug-likeness (QED) is 0.710. The van der Waals surface area contributed by atoms with Crippen molar-refractivity contribution in [2.45, 2.75) is 65.1 Å². The van der Waals surface area contributed by atoms with Crippen LogP contribution in [-0.4, -0.2) is 47.2 Å². The minimum atomic E-state index is -0.850. The monoisotopic (exact) mass is 270 g/mol. The third-order valence-electron chi connectivity index (χ3n) is 4.33. The molecule has 0 amide bonds. The molecule has 0 aromatic rings. The summed E-state index contributed by atoms with van der Waals surface area (Å²) in [5.74, 6) is 0.886. The van der Waals surface area contributed by atoms with Gasteiger partial charge in [0.2, 0.25) is 0 Å². The topological polar surface area (TPSA) is 52.6 Å². The fraction of sp³-hybridized carbons (Fsp3) is 0.933. The van der Waals surface area contributed by atoms with Crippen molar-refractivity contribution < 1.29 is 9.90 Å². The van der Waals surface area contributed by atoms with Gasteiger partial charge in [0, 0.05) is 18.6 Å². The van der Waals surface area contributed by atoms with Crippen molar-refractivity contribution in [3.63, 3.8) is 0 Å². The number of hydrogen-bond acceptors (Lipinski definition) is 3. The molecule has 19 heavy (non-hydrogen) atoms.